The second-order valence-corrected chi connectivity index (χ2v) is 3.78. The summed E-state index contributed by atoms with van der Waals surface area (Å²) in [5.41, 5.74) is 0.560. The zero-order chi connectivity index (χ0) is 13.0. The molecule has 0 aliphatic carbocycles. The minimum absolute atomic E-state index is 0. The lowest BCUT2D eigenvalue weighted by Gasteiger charge is -2.14. The first-order valence-corrected chi connectivity index (χ1v) is 5.58. The van der Waals surface area contributed by atoms with Crippen LogP contribution in [0, 0.1) is 0 Å². The van der Waals surface area contributed by atoms with E-state index in [2.05, 4.69) is 15.4 Å². The van der Waals surface area contributed by atoms with Crippen LogP contribution in [0.3, 0.4) is 0 Å². The van der Waals surface area contributed by atoms with Crippen molar-refractivity contribution in [3.63, 3.8) is 0 Å². The molecule has 0 unspecified atom stereocenters. The van der Waals surface area contributed by atoms with Gasteiger partial charge in [0, 0.05) is 19.2 Å². The van der Waals surface area contributed by atoms with Crippen molar-refractivity contribution in [3.05, 3.63) is 35.9 Å². The lowest BCUT2D eigenvalue weighted by molar-refractivity contribution is -0.129. The van der Waals surface area contributed by atoms with E-state index in [1.807, 2.05) is 6.07 Å². The van der Waals surface area contributed by atoms with E-state index in [0.29, 0.717) is 18.1 Å². The lowest BCUT2D eigenvalue weighted by Crippen LogP contribution is -2.34. The molecule has 0 saturated heterocycles. The SMILES string of the molecule is CN(/N=C(/C(=O)O)c1ccccc1)C1=NCCN1.I. The van der Waals surface area contributed by atoms with Gasteiger partial charge in [-0.2, -0.15) is 5.10 Å². The monoisotopic (exact) mass is 374 g/mol. The van der Waals surface area contributed by atoms with Crippen LogP contribution in [0.5, 0.6) is 0 Å². The summed E-state index contributed by atoms with van der Waals surface area (Å²) in [5.74, 6) is -0.476. The molecule has 1 heterocycles. The van der Waals surface area contributed by atoms with E-state index >= 15 is 0 Å². The number of halogens is 1. The first kappa shape index (κ1) is 15.4. The van der Waals surface area contributed by atoms with Crippen molar-refractivity contribution in [1.29, 1.82) is 0 Å². The van der Waals surface area contributed by atoms with E-state index in [9.17, 15) is 9.90 Å². The number of hydrogen-bond donors (Lipinski definition) is 2. The minimum Gasteiger partial charge on any atom is -0.476 e. The Balaban J connectivity index is 0.00000180. The Labute approximate surface area is 128 Å². The smallest absolute Gasteiger partial charge is 0.356 e. The molecule has 0 spiro atoms. The van der Waals surface area contributed by atoms with E-state index in [-0.39, 0.29) is 29.7 Å². The number of nitrogens with zero attached hydrogens (tertiary/aromatic N) is 3. The Morgan fingerprint density at radius 3 is 2.63 bits per heavy atom. The van der Waals surface area contributed by atoms with Crippen LogP contribution in [-0.2, 0) is 4.79 Å². The minimum atomic E-state index is -1.06. The maximum Gasteiger partial charge on any atom is 0.356 e. The molecule has 1 aromatic carbocycles. The molecule has 6 nitrogen and oxygen atoms in total. The molecule has 0 atom stereocenters. The summed E-state index contributed by atoms with van der Waals surface area (Å²) in [6, 6.07) is 8.81. The van der Waals surface area contributed by atoms with Crippen LogP contribution in [0.2, 0.25) is 0 Å². The number of guanidine groups is 1. The molecule has 0 bridgehead atoms. The topological polar surface area (TPSA) is 77.3 Å². The Morgan fingerprint density at radius 1 is 1.42 bits per heavy atom. The summed E-state index contributed by atoms with van der Waals surface area (Å²) in [6.45, 7) is 1.44. The zero-order valence-electron chi connectivity index (χ0n) is 10.4. The Morgan fingerprint density at radius 2 is 2.11 bits per heavy atom. The van der Waals surface area contributed by atoms with Gasteiger partial charge >= 0.3 is 5.97 Å². The number of rotatable bonds is 3. The van der Waals surface area contributed by atoms with Crippen molar-refractivity contribution in [2.24, 2.45) is 10.1 Å². The standard InChI is InChI=1S/C12H14N4O2.HI/c1-16(12-13-7-8-14-12)15-10(11(17)18)9-5-3-2-4-6-9;/h2-6H,7-8H2,1H3,(H,13,14)(H,17,18);1H/b15-10+;. The molecular formula is C12H15IN4O2. The summed E-state index contributed by atoms with van der Waals surface area (Å²) in [4.78, 5) is 15.4. The van der Waals surface area contributed by atoms with Gasteiger partial charge in [-0.15, -0.1) is 24.0 Å². The largest absolute Gasteiger partial charge is 0.476 e. The average molecular weight is 374 g/mol. The summed E-state index contributed by atoms with van der Waals surface area (Å²) >= 11 is 0. The molecule has 0 amide bonds. The molecule has 0 aromatic heterocycles. The van der Waals surface area contributed by atoms with Crippen molar-refractivity contribution in [2.45, 2.75) is 0 Å². The predicted molar refractivity (Wildman–Crippen MR) is 84.1 cm³/mol. The van der Waals surface area contributed by atoms with Crippen molar-refractivity contribution >= 4 is 41.6 Å². The van der Waals surface area contributed by atoms with Gasteiger partial charge in [0.15, 0.2) is 5.71 Å². The van der Waals surface area contributed by atoms with Crippen molar-refractivity contribution in [1.82, 2.24) is 10.3 Å². The summed E-state index contributed by atoms with van der Waals surface area (Å²) < 4.78 is 0. The van der Waals surface area contributed by atoms with Gasteiger partial charge in [0.05, 0.1) is 6.54 Å². The van der Waals surface area contributed by atoms with Crippen LogP contribution in [0.1, 0.15) is 5.56 Å². The van der Waals surface area contributed by atoms with Gasteiger partial charge in [-0.1, -0.05) is 30.3 Å². The van der Waals surface area contributed by atoms with Gasteiger partial charge in [-0.05, 0) is 0 Å². The van der Waals surface area contributed by atoms with Gasteiger partial charge in [0.2, 0.25) is 5.96 Å². The van der Waals surface area contributed by atoms with Gasteiger partial charge in [0.25, 0.3) is 0 Å². The molecule has 0 fully saturated rings. The number of carboxylic acid groups (broad SMARTS) is 1. The highest BCUT2D eigenvalue weighted by Gasteiger charge is 2.16. The predicted octanol–water partition coefficient (Wildman–Crippen LogP) is 0.984. The number of hydrazone groups is 1. The van der Waals surface area contributed by atoms with E-state index < -0.39 is 5.97 Å². The Kier molecular flexibility index (Phi) is 5.74. The number of hydrogen-bond acceptors (Lipinski definition) is 5. The summed E-state index contributed by atoms with van der Waals surface area (Å²) in [7, 11) is 1.67. The molecular weight excluding hydrogens is 359 g/mol. The van der Waals surface area contributed by atoms with Crippen molar-refractivity contribution in [3.8, 4) is 0 Å². The van der Waals surface area contributed by atoms with Gasteiger partial charge in [-0.25, -0.2) is 14.8 Å². The second-order valence-electron chi connectivity index (χ2n) is 3.78. The Bertz CT molecular complexity index is 502. The molecule has 7 heteroatoms. The zero-order valence-corrected chi connectivity index (χ0v) is 12.7. The number of benzene rings is 1. The van der Waals surface area contributed by atoms with Crippen LogP contribution in [0.25, 0.3) is 0 Å². The van der Waals surface area contributed by atoms with Crippen molar-refractivity contribution in [2.75, 3.05) is 20.1 Å². The third kappa shape index (κ3) is 3.91. The van der Waals surface area contributed by atoms with E-state index in [1.165, 1.54) is 5.01 Å². The lowest BCUT2D eigenvalue weighted by atomic mass is 10.1. The highest BCUT2D eigenvalue weighted by Crippen LogP contribution is 2.04. The molecule has 2 rings (SSSR count). The van der Waals surface area contributed by atoms with Gasteiger partial charge in [0.1, 0.15) is 0 Å². The van der Waals surface area contributed by atoms with Crippen molar-refractivity contribution < 1.29 is 9.90 Å². The molecule has 0 radical (unpaired) electrons. The van der Waals surface area contributed by atoms with Crippen LogP contribution in [0.15, 0.2) is 40.4 Å². The maximum atomic E-state index is 11.2. The highest BCUT2D eigenvalue weighted by atomic mass is 127. The molecule has 19 heavy (non-hydrogen) atoms. The van der Waals surface area contributed by atoms with E-state index in [1.54, 1.807) is 31.3 Å². The van der Waals surface area contributed by atoms with Gasteiger partial charge in [-0.3, -0.25) is 0 Å². The fourth-order valence-electron chi connectivity index (χ4n) is 1.62. The maximum absolute atomic E-state index is 11.2. The summed E-state index contributed by atoms with van der Waals surface area (Å²) in [5, 5.41) is 17.8. The molecule has 102 valence electrons. The first-order valence-electron chi connectivity index (χ1n) is 5.58. The third-order valence-corrected chi connectivity index (χ3v) is 2.46. The Hall–Kier alpha value is -1.64. The van der Waals surface area contributed by atoms with Crippen LogP contribution in [-0.4, -0.2) is 47.9 Å². The van der Waals surface area contributed by atoms with E-state index in [4.69, 9.17) is 0 Å². The molecule has 0 saturated carbocycles. The van der Waals surface area contributed by atoms with E-state index in [0.717, 1.165) is 6.54 Å². The average Bonchev–Trinajstić information content (AvgIpc) is 2.90. The molecule has 1 aromatic rings. The number of carboxylic acids is 1. The molecule has 1 aliphatic rings. The first-order chi connectivity index (χ1) is 8.68. The number of carbonyl (C=O) groups is 1. The molecule has 2 N–H and O–H groups in total. The number of nitrogens with one attached hydrogen (secondary N) is 1. The quantitative estimate of drug-likeness (QED) is 0.470. The van der Waals surface area contributed by atoms with Crippen LogP contribution < -0.4 is 5.32 Å². The highest BCUT2D eigenvalue weighted by molar-refractivity contribution is 14.0. The van der Waals surface area contributed by atoms with Crippen LogP contribution >= 0.6 is 24.0 Å². The second kappa shape index (κ2) is 7.07. The normalized spacial score (nSPS) is 14.2. The fraction of sp³-hybridized carbons (Fsp3) is 0.250. The summed E-state index contributed by atoms with van der Waals surface area (Å²) in [6.07, 6.45) is 0. The van der Waals surface area contributed by atoms with Gasteiger partial charge < -0.3 is 10.4 Å². The number of aliphatic imine (C=N–C) groups is 1. The van der Waals surface area contributed by atoms with Crippen LogP contribution in [0.4, 0.5) is 0 Å². The third-order valence-electron chi connectivity index (χ3n) is 2.46. The number of aliphatic carboxylic acids is 1. The molecule has 1 aliphatic heterocycles. The fourth-order valence-corrected chi connectivity index (χ4v) is 1.62.